The van der Waals surface area contributed by atoms with Gasteiger partial charge in [-0.05, 0) is 19.1 Å². The van der Waals surface area contributed by atoms with Gasteiger partial charge in [-0.25, -0.2) is 4.98 Å². The van der Waals surface area contributed by atoms with E-state index in [2.05, 4.69) is 15.1 Å². The highest BCUT2D eigenvalue weighted by Gasteiger charge is 2.10. The molecule has 0 spiro atoms. The Morgan fingerprint density at radius 2 is 1.95 bits per heavy atom. The minimum Gasteiger partial charge on any atom is -0.493 e. The molecule has 0 radical (unpaired) electrons. The van der Waals surface area contributed by atoms with E-state index in [1.807, 2.05) is 31.2 Å². The molecule has 0 fully saturated rings. The van der Waals surface area contributed by atoms with Crippen LogP contribution >= 0.6 is 0 Å². The third kappa shape index (κ3) is 2.08. The lowest BCUT2D eigenvalue weighted by atomic mass is 10.3. The van der Waals surface area contributed by atoms with Gasteiger partial charge < -0.3 is 9.47 Å². The summed E-state index contributed by atoms with van der Waals surface area (Å²) in [5, 5.41) is 4.09. The first-order chi connectivity index (χ1) is 9.28. The summed E-state index contributed by atoms with van der Waals surface area (Å²) in [7, 11) is 1.60. The Morgan fingerprint density at radius 1 is 1.16 bits per heavy atom. The molecule has 0 unspecified atom stereocenters. The van der Waals surface area contributed by atoms with Crippen molar-refractivity contribution in [2.24, 2.45) is 0 Å². The molecule has 0 saturated carbocycles. The van der Waals surface area contributed by atoms with Crippen LogP contribution < -0.4 is 9.47 Å². The van der Waals surface area contributed by atoms with E-state index >= 15 is 0 Å². The van der Waals surface area contributed by atoms with Crippen molar-refractivity contribution in [2.45, 2.75) is 6.92 Å². The number of nitrogens with zero attached hydrogens (tertiary/aromatic N) is 4. The van der Waals surface area contributed by atoms with E-state index in [-0.39, 0.29) is 0 Å². The molecule has 96 valence electrons. The molecule has 0 atom stereocenters. The molecule has 3 rings (SSSR count). The van der Waals surface area contributed by atoms with Gasteiger partial charge in [-0.3, -0.25) is 0 Å². The standard InChI is InChI=1S/C13H12N4O2/c1-9-7-12(17-13(16-9)14-8-15-17)19-11-6-4-3-5-10(11)18-2/h3-8H,1-2H3. The number of benzene rings is 1. The van der Waals surface area contributed by atoms with E-state index in [0.717, 1.165) is 5.69 Å². The van der Waals surface area contributed by atoms with Gasteiger partial charge in [0.1, 0.15) is 6.33 Å². The van der Waals surface area contributed by atoms with Crippen molar-refractivity contribution in [3.8, 4) is 17.4 Å². The first kappa shape index (κ1) is 11.5. The zero-order valence-corrected chi connectivity index (χ0v) is 10.6. The number of methoxy groups -OCH3 is 1. The monoisotopic (exact) mass is 256 g/mol. The molecule has 1 aromatic carbocycles. The van der Waals surface area contributed by atoms with Crippen molar-refractivity contribution in [3.63, 3.8) is 0 Å². The summed E-state index contributed by atoms with van der Waals surface area (Å²) in [6.07, 6.45) is 1.44. The fraction of sp³-hybridized carbons (Fsp3) is 0.154. The Morgan fingerprint density at radius 3 is 2.74 bits per heavy atom. The lowest BCUT2D eigenvalue weighted by Gasteiger charge is -2.10. The van der Waals surface area contributed by atoms with Crippen LogP contribution in [0.15, 0.2) is 36.7 Å². The molecular weight excluding hydrogens is 244 g/mol. The van der Waals surface area contributed by atoms with Crippen LogP contribution in [0.4, 0.5) is 0 Å². The van der Waals surface area contributed by atoms with Gasteiger partial charge in [0, 0.05) is 11.8 Å². The average Bonchev–Trinajstić information content (AvgIpc) is 2.87. The van der Waals surface area contributed by atoms with Crippen molar-refractivity contribution in [3.05, 3.63) is 42.4 Å². The summed E-state index contributed by atoms with van der Waals surface area (Å²) < 4.78 is 12.6. The SMILES string of the molecule is COc1ccccc1Oc1cc(C)nc2ncnn12. The fourth-order valence-corrected chi connectivity index (χ4v) is 1.79. The second kappa shape index (κ2) is 4.56. The lowest BCUT2D eigenvalue weighted by molar-refractivity contribution is 0.369. The van der Waals surface area contributed by atoms with E-state index < -0.39 is 0 Å². The number of aromatic nitrogens is 4. The van der Waals surface area contributed by atoms with Gasteiger partial charge in [0.15, 0.2) is 11.5 Å². The largest absolute Gasteiger partial charge is 0.493 e. The van der Waals surface area contributed by atoms with Crippen LogP contribution in [0.25, 0.3) is 5.78 Å². The van der Waals surface area contributed by atoms with Gasteiger partial charge in [-0.2, -0.15) is 14.6 Å². The second-order valence-electron chi connectivity index (χ2n) is 3.96. The summed E-state index contributed by atoms with van der Waals surface area (Å²) in [5.41, 5.74) is 0.811. The number of hydrogen-bond donors (Lipinski definition) is 0. The highest BCUT2D eigenvalue weighted by atomic mass is 16.5. The average molecular weight is 256 g/mol. The van der Waals surface area contributed by atoms with E-state index in [1.165, 1.54) is 6.33 Å². The van der Waals surface area contributed by atoms with E-state index in [4.69, 9.17) is 9.47 Å². The second-order valence-corrected chi connectivity index (χ2v) is 3.96. The third-order valence-corrected chi connectivity index (χ3v) is 2.63. The van der Waals surface area contributed by atoms with Crippen LogP contribution in [0.2, 0.25) is 0 Å². The zero-order chi connectivity index (χ0) is 13.2. The molecule has 2 aromatic heterocycles. The number of fused-ring (bicyclic) bond motifs is 1. The van der Waals surface area contributed by atoms with Crippen molar-refractivity contribution >= 4 is 5.78 Å². The van der Waals surface area contributed by atoms with Gasteiger partial charge in [0.25, 0.3) is 5.78 Å². The molecular formula is C13H12N4O2. The Hall–Kier alpha value is -2.63. The maximum atomic E-state index is 5.85. The minimum atomic E-state index is 0.505. The topological polar surface area (TPSA) is 61.5 Å². The van der Waals surface area contributed by atoms with Gasteiger partial charge in [-0.1, -0.05) is 12.1 Å². The summed E-state index contributed by atoms with van der Waals surface area (Å²) in [5.74, 6) is 2.33. The Kier molecular flexibility index (Phi) is 2.75. The first-order valence-electron chi connectivity index (χ1n) is 5.76. The van der Waals surface area contributed by atoms with Crippen molar-refractivity contribution < 1.29 is 9.47 Å². The fourth-order valence-electron chi connectivity index (χ4n) is 1.79. The van der Waals surface area contributed by atoms with Gasteiger partial charge in [0.2, 0.25) is 5.88 Å². The molecule has 0 amide bonds. The van der Waals surface area contributed by atoms with Gasteiger partial charge in [0.05, 0.1) is 7.11 Å². The van der Waals surface area contributed by atoms with Crippen molar-refractivity contribution in [1.29, 1.82) is 0 Å². The van der Waals surface area contributed by atoms with Crippen LogP contribution in [0, 0.1) is 6.92 Å². The number of rotatable bonds is 3. The molecule has 0 aliphatic rings. The first-order valence-corrected chi connectivity index (χ1v) is 5.76. The van der Waals surface area contributed by atoms with Gasteiger partial charge in [-0.15, -0.1) is 0 Å². The third-order valence-electron chi connectivity index (χ3n) is 2.63. The number of hydrogen-bond acceptors (Lipinski definition) is 5. The Bertz CT molecular complexity index is 723. The number of para-hydroxylation sites is 2. The van der Waals surface area contributed by atoms with E-state index in [1.54, 1.807) is 17.7 Å². The molecule has 0 aliphatic carbocycles. The normalized spacial score (nSPS) is 10.6. The maximum Gasteiger partial charge on any atom is 0.255 e. The Balaban J connectivity index is 2.07. The minimum absolute atomic E-state index is 0.505. The highest BCUT2D eigenvalue weighted by molar-refractivity contribution is 5.43. The summed E-state index contributed by atoms with van der Waals surface area (Å²) in [6.45, 7) is 1.88. The molecule has 0 saturated heterocycles. The van der Waals surface area contributed by atoms with Crippen LogP contribution in [0.1, 0.15) is 5.69 Å². The summed E-state index contributed by atoms with van der Waals surface area (Å²) in [6, 6.07) is 9.23. The summed E-state index contributed by atoms with van der Waals surface area (Å²) in [4.78, 5) is 8.31. The molecule has 0 N–H and O–H groups in total. The molecule has 3 aromatic rings. The smallest absolute Gasteiger partial charge is 0.255 e. The van der Waals surface area contributed by atoms with E-state index in [9.17, 15) is 0 Å². The van der Waals surface area contributed by atoms with Crippen molar-refractivity contribution in [1.82, 2.24) is 19.6 Å². The predicted molar refractivity (Wildman–Crippen MR) is 68.6 cm³/mol. The Labute approximate surface area is 109 Å². The molecule has 6 heteroatoms. The molecule has 0 aliphatic heterocycles. The number of aryl methyl sites for hydroxylation is 1. The molecule has 2 heterocycles. The van der Waals surface area contributed by atoms with Crippen LogP contribution in [0.5, 0.6) is 17.4 Å². The maximum absolute atomic E-state index is 5.85. The quantitative estimate of drug-likeness (QED) is 0.719. The highest BCUT2D eigenvalue weighted by Crippen LogP contribution is 2.30. The molecule has 19 heavy (non-hydrogen) atoms. The van der Waals surface area contributed by atoms with Crippen LogP contribution in [-0.2, 0) is 0 Å². The zero-order valence-electron chi connectivity index (χ0n) is 10.6. The predicted octanol–water partition coefficient (Wildman–Crippen LogP) is 2.23. The lowest BCUT2D eigenvalue weighted by Crippen LogP contribution is -2.00. The molecule has 6 nitrogen and oxygen atoms in total. The van der Waals surface area contributed by atoms with Crippen molar-refractivity contribution in [2.75, 3.05) is 7.11 Å². The van der Waals surface area contributed by atoms with Gasteiger partial charge >= 0.3 is 0 Å². The number of ether oxygens (including phenoxy) is 2. The van der Waals surface area contributed by atoms with Crippen LogP contribution in [0.3, 0.4) is 0 Å². The summed E-state index contributed by atoms with van der Waals surface area (Å²) >= 11 is 0. The van der Waals surface area contributed by atoms with E-state index in [0.29, 0.717) is 23.2 Å². The molecule has 0 bridgehead atoms. The van der Waals surface area contributed by atoms with Crippen LogP contribution in [-0.4, -0.2) is 26.7 Å².